The van der Waals surface area contributed by atoms with Crippen LogP contribution in [0.15, 0.2) is 12.3 Å². The first-order valence-electron chi connectivity index (χ1n) is 4.33. The van der Waals surface area contributed by atoms with Crippen LogP contribution < -0.4 is 0 Å². The van der Waals surface area contributed by atoms with E-state index in [1.807, 2.05) is 0 Å². The molecular formula is C9H16O4S. The van der Waals surface area contributed by atoms with Gasteiger partial charge in [0.2, 0.25) is 0 Å². The van der Waals surface area contributed by atoms with Crippen molar-refractivity contribution in [2.45, 2.75) is 6.42 Å². The van der Waals surface area contributed by atoms with Crippen LogP contribution in [-0.2, 0) is 19.0 Å². The lowest BCUT2D eigenvalue weighted by molar-refractivity contribution is -0.143. The number of hydrogen-bond acceptors (Lipinski definition) is 5. The highest BCUT2D eigenvalue weighted by Crippen LogP contribution is 1.88. The largest absolute Gasteiger partial charge is 0.433 e. The van der Waals surface area contributed by atoms with Gasteiger partial charge in [-0.15, -0.1) is 0 Å². The van der Waals surface area contributed by atoms with Crippen molar-refractivity contribution in [2.24, 2.45) is 0 Å². The number of carbonyl (C=O) groups is 1. The van der Waals surface area contributed by atoms with Crippen LogP contribution in [0.5, 0.6) is 0 Å². The molecule has 0 rings (SSSR count). The summed E-state index contributed by atoms with van der Waals surface area (Å²) < 4.78 is 14.4. The van der Waals surface area contributed by atoms with E-state index in [0.717, 1.165) is 12.2 Å². The molecule has 0 atom stereocenters. The van der Waals surface area contributed by atoms with E-state index in [-0.39, 0.29) is 6.61 Å². The number of carbonyl (C=O) groups excluding carboxylic acids is 1. The van der Waals surface area contributed by atoms with Gasteiger partial charge in [-0.1, -0.05) is 0 Å². The maximum atomic E-state index is 10.9. The molecule has 0 N–H and O–H groups in total. The normalized spacial score (nSPS) is 10.7. The molecule has 0 fully saturated rings. The summed E-state index contributed by atoms with van der Waals surface area (Å²) >= 11 is 3.99. The molecule has 0 saturated heterocycles. The number of methoxy groups -OCH3 is 1. The van der Waals surface area contributed by atoms with Crippen molar-refractivity contribution >= 4 is 18.6 Å². The van der Waals surface area contributed by atoms with Crippen molar-refractivity contribution in [2.75, 3.05) is 32.7 Å². The molecule has 0 heterocycles. The van der Waals surface area contributed by atoms with E-state index < -0.39 is 5.97 Å². The summed E-state index contributed by atoms with van der Waals surface area (Å²) in [5.41, 5.74) is 0. The van der Waals surface area contributed by atoms with Crippen LogP contribution in [-0.4, -0.2) is 38.7 Å². The highest BCUT2D eigenvalue weighted by atomic mass is 32.1. The van der Waals surface area contributed by atoms with Crippen LogP contribution in [0.3, 0.4) is 0 Å². The number of esters is 1. The minimum absolute atomic E-state index is 0.0470. The molecule has 4 nitrogen and oxygen atoms in total. The summed E-state index contributed by atoms with van der Waals surface area (Å²) in [4.78, 5) is 10.9. The molecule has 0 amide bonds. The number of ether oxygens (including phenoxy) is 3. The molecule has 0 aliphatic heterocycles. The third kappa shape index (κ3) is 9.57. The molecule has 0 aromatic rings. The zero-order chi connectivity index (χ0) is 10.6. The summed E-state index contributed by atoms with van der Waals surface area (Å²) in [7, 11) is 1.57. The molecule has 5 heteroatoms. The van der Waals surface area contributed by atoms with Crippen LogP contribution in [0.1, 0.15) is 6.42 Å². The fraction of sp³-hybridized carbons (Fsp3) is 0.667. The fourth-order valence-electron chi connectivity index (χ4n) is 0.598. The van der Waals surface area contributed by atoms with Crippen LogP contribution in [0.25, 0.3) is 0 Å². The van der Waals surface area contributed by atoms with Crippen LogP contribution in [0, 0.1) is 0 Å². The summed E-state index contributed by atoms with van der Waals surface area (Å²) in [6.07, 6.45) is 3.87. The van der Waals surface area contributed by atoms with Gasteiger partial charge in [0.05, 0.1) is 19.5 Å². The number of thiol groups is 1. The van der Waals surface area contributed by atoms with E-state index in [2.05, 4.69) is 12.6 Å². The lowest BCUT2D eigenvalue weighted by Crippen LogP contribution is -2.12. The van der Waals surface area contributed by atoms with Crippen molar-refractivity contribution < 1.29 is 19.0 Å². The maximum Gasteiger partial charge on any atom is 0.336 e. The number of rotatable bonds is 8. The maximum absolute atomic E-state index is 10.9. The zero-order valence-electron chi connectivity index (χ0n) is 8.27. The second-order valence-corrected chi connectivity index (χ2v) is 2.87. The van der Waals surface area contributed by atoms with Gasteiger partial charge in [0, 0.05) is 7.11 Å². The Kier molecular flexibility index (Phi) is 10.2. The molecule has 0 bridgehead atoms. The van der Waals surface area contributed by atoms with Crippen molar-refractivity contribution in [3.05, 3.63) is 12.3 Å². The molecule has 0 aliphatic carbocycles. The van der Waals surface area contributed by atoms with Gasteiger partial charge in [-0.25, -0.2) is 4.79 Å². The Morgan fingerprint density at radius 1 is 1.43 bits per heavy atom. The topological polar surface area (TPSA) is 44.8 Å². The van der Waals surface area contributed by atoms with Gasteiger partial charge in [0.15, 0.2) is 0 Å². The molecular weight excluding hydrogens is 204 g/mol. The average Bonchev–Trinajstić information content (AvgIpc) is 2.19. The predicted molar refractivity (Wildman–Crippen MR) is 56.4 cm³/mol. The first-order chi connectivity index (χ1) is 6.81. The molecule has 0 saturated carbocycles. The molecule has 0 unspecified atom stereocenters. The highest BCUT2D eigenvalue weighted by Gasteiger charge is 1.99. The summed E-state index contributed by atoms with van der Waals surface area (Å²) in [5.74, 6) is 0.329. The van der Waals surface area contributed by atoms with Crippen molar-refractivity contribution in [1.82, 2.24) is 0 Å². The average molecular weight is 220 g/mol. The smallest absolute Gasteiger partial charge is 0.336 e. The standard InChI is InChI=1S/C9H16O4S/c1-11-5-6-12-8-9(10)13-4-2-3-7-14/h2,4,14H,3,5-8H2,1H3/b4-2-. The molecule has 0 spiro atoms. The van der Waals surface area contributed by atoms with E-state index in [1.54, 1.807) is 13.2 Å². The van der Waals surface area contributed by atoms with Gasteiger partial charge in [0.1, 0.15) is 6.61 Å². The van der Waals surface area contributed by atoms with Crippen LogP contribution in [0.4, 0.5) is 0 Å². The molecule has 0 aromatic carbocycles. The molecule has 82 valence electrons. The van der Waals surface area contributed by atoms with Crippen LogP contribution in [0.2, 0.25) is 0 Å². The lowest BCUT2D eigenvalue weighted by atomic mass is 10.5. The third-order valence-electron chi connectivity index (χ3n) is 1.24. The monoisotopic (exact) mass is 220 g/mol. The quantitative estimate of drug-likeness (QED) is 0.287. The SMILES string of the molecule is COCCOCC(=O)O/C=C\CCS. The Labute approximate surface area is 89.6 Å². The molecule has 14 heavy (non-hydrogen) atoms. The second-order valence-electron chi connectivity index (χ2n) is 2.42. The Morgan fingerprint density at radius 3 is 2.86 bits per heavy atom. The van der Waals surface area contributed by atoms with Gasteiger partial charge in [-0.05, 0) is 18.2 Å². The van der Waals surface area contributed by atoms with E-state index in [0.29, 0.717) is 13.2 Å². The van der Waals surface area contributed by atoms with E-state index in [4.69, 9.17) is 14.2 Å². The Morgan fingerprint density at radius 2 is 2.21 bits per heavy atom. The first kappa shape index (κ1) is 13.5. The minimum Gasteiger partial charge on any atom is -0.433 e. The molecule has 0 aliphatic rings. The first-order valence-corrected chi connectivity index (χ1v) is 4.96. The van der Waals surface area contributed by atoms with Crippen LogP contribution >= 0.6 is 12.6 Å². The van der Waals surface area contributed by atoms with Crippen molar-refractivity contribution in [3.8, 4) is 0 Å². The summed E-state index contributed by atoms with van der Waals surface area (Å²) in [6.45, 7) is 0.823. The Balaban J connectivity index is 3.28. The van der Waals surface area contributed by atoms with Gasteiger partial charge in [-0.2, -0.15) is 12.6 Å². The number of hydrogen-bond donors (Lipinski definition) is 1. The number of allylic oxidation sites excluding steroid dienone is 1. The highest BCUT2D eigenvalue weighted by molar-refractivity contribution is 7.80. The Hall–Kier alpha value is -0.520. The van der Waals surface area contributed by atoms with Gasteiger partial charge >= 0.3 is 5.97 Å². The van der Waals surface area contributed by atoms with E-state index in [1.165, 1.54) is 6.26 Å². The fourth-order valence-corrected chi connectivity index (χ4v) is 0.747. The minimum atomic E-state index is -0.406. The van der Waals surface area contributed by atoms with Crippen molar-refractivity contribution in [3.63, 3.8) is 0 Å². The van der Waals surface area contributed by atoms with Gasteiger partial charge in [0.25, 0.3) is 0 Å². The van der Waals surface area contributed by atoms with E-state index >= 15 is 0 Å². The van der Waals surface area contributed by atoms with Crippen molar-refractivity contribution in [1.29, 1.82) is 0 Å². The van der Waals surface area contributed by atoms with Gasteiger partial charge in [-0.3, -0.25) is 0 Å². The summed E-state index contributed by atoms with van der Waals surface area (Å²) in [6, 6.07) is 0. The second kappa shape index (κ2) is 10.6. The van der Waals surface area contributed by atoms with Gasteiger partial charge < -0.3 is 14.2 Å². The van der Waals surface area contributed by atoms with E-state index in [9.17, 15) is 4.79 Å². The molecule has 0 aromatic heterocycles. The summed E-state index contributed by atoms with van der Waals surface area (Å²) in [5, 5.41) is 0. The third-order valence-corrected chi connectivity index (χ3v) is 1.50. The lowest BCUT2D eigenvalue weighted by Gasteiger charge is -2.01. The molecule has 0 radical (unpaired) electrons. The zero-order valence-corrected chi connectivity index (χ0v) is 9.16. The predicted octanol–water partition coefficient (Wildman–Crippen LogP) is 1.03. The Bertz CT molecular complexity index is 170.